The number of hydrogen-bond acceptors (Lipinski definition) is 2. The fourth-order valence-corrected chi connectivity index (χ4v) is 1.65. The van der Waals surface area contributed by atoms with Crippen LogP contribution in [0.4, 0.5) is 0 Å². The maximum Gasteiger partial charge on any atom is 0.308 e. The summed E-state index contributed by atoms with van der Waals surface area (Å²) in [6.07, 6.45) is 4.46. The van der Waals surface area contributed by atoms with Crippen LogP contribution in [0.1, 0.15) is 52.9 Å². The van der Waals surface area contributed by atoms with E-state index in [1.165, 1.54) is 0 Å². The van der Waals surface area contributed by atoms with Crippen LogP contribution in [0.3, 0.4) is 0 Å². The predicted molar refractivity (Wildman–Crippen MR) is 67.8 cm³/mol. The minimum absolute atomic E-state index is 0.0803. The molecular weight excluding hydrogens is 218 g/mol. The molecule has 0 aliphatic rings. The first kappa shape index (κ1) is 15.9. The Morgan fingerprint density at radius 1 is 1.18 bits per heavy atom. The molecule has 0 bridgehead atoms. The van der Waals surface area contributed by atoms with E-state index in [-0.39, 0.29) is 5.91 Å². The van der Waals surface area contributed by atoms with Gasteiger partial charge in [0.25, 0.3) is 0 Å². The molecule has 0 saturated heterocycles. The van der Waals surface area contributed by atoms with Crippen LogP contribution in [0, 0.1) is 5.92 Å². The lowest BCUT2D eigenvalue weighted by atomic mass is 10.1. The van der Waals surface area contributed by atoms with Crippen molar-refractivity contribution in [1.29, 1.82) is 0 Å². The standard InChI is InChI=1S/C13H25NO3/c1-4-6-7-9-14(12(15)8-5-2)10-11(3)13(16)17/h11H,4-10H2,1-3H3,(H,16,17). The van der Waals surface area contributed by atoms with Crippen LogP contribution in [0.5, 0.6) is 0 Å². The average Bonchev–Trinajstić information content (AvgIpc) is 2.27. The number of carbonyl (C=O) groups is 2. The maximum atomic E-state index is 11.8. The molecule has 1 unspecified atom stereocenters. The Balaban J connectivity index is 4.28. The number of amides is 1. The van der Waals surface area contributed by atoms with Gasteiger partial charge in [0.2, 0.25) is 5.91 Å². The van der Waals surface area contributed by atoms with Crippen LogP contribution in [0.2, 0.25) is 0 Å². The summed E-state index contributed by atoms with van der Waals surface area (Å²) >= 11 is 0. The molecule has 0 rings (SSSR count). The molecule has 4 heteroatoms. The number of carbonyl (C=O) groups excluding carboxylic acids is 1. The number of carboxylic acid groups (broad SMARTS) is 1. The van der Waals surface area contributed by atoms with Crippen molar-refractivity contribution in [2.45, 2.75) is 52.9 Å². The third-order valence-electron chi connectivity index (χ3n) is 2.76. The van der Waals surface area contributed by atoms with Crippen molar-refractivity contribution < 1.29 is 14.7 Å². The zero-order valence-electron chi connectivity index (χ0n) is 11.2. The van der Waals surface area contributed by atoms with E-state index in [4.69, 9.17) is 5.11 Å². The van der Waals surface area contributed by atoms with Crippen molar-refractivity contribution in [3.63, 3.8) is 0 Å². The molecule has 4 nitrogen and oxygen atoms in total. The Bertz CT molecular complexity index is 241. The van der Waals surface area contributed by atoms with Crippen LogP contribution in [0.25, 0.3) is 0 Å². The Morgan fingerprint density at radius 3 is 2.29 bits per heavy atom. The van der Waals surface area contributed by atoms with E-state index >= 15 is 0 Å². The Morgan fingerprint density at radius 2 is 1.82 bits per heavy atom. The van der Waals surface area contributed by atoms with E-state index in [0.717, 1.165) is 25.7 Å². The van der Waals surface area contributed by atoms with Gasteiger partial charge in [0, 0.05) is 19.5 Å². The number of aliphatic carboxylic acids is 1. The van der Waals surface area contributed by atoms with Crippen molar-refractivity contribution in [1.82, 2.24) is 4.90 Å². The quantitative estimate of drug-likeness (QED) is 0.633. The van der Waals surface area contributed by atoms with Gasteiger partial charge in [0.1, 0.15) is 0 Å². The van der Waals surface area contributed by atoms with E-state index in [9.17, 15) is 9.59 Å². The summed E-state index contributed by atoms with van der Waals surface area (Å²) in [4.78, 5) is 24.3. The summed E-state index contributed by atoms with van der Waals surface area (Å²) < 4.78 is 0. The van der Waals surface area contributed by atoms with Gasteiger partial charge in [-0.1, -0.05) is 33.6 Å². The lowest BCUT2D eigenvalue weighted by Crippen LogP contribution is -2.37. The maximum absolute atomic E-state index is 11.8. The first-order valence-corrected chi connectivity index (χ1v) is 6.53. The molecule has 0 aliphatic heterocycles. The van der Waals surface area contributed by atoms with E-state index in [1.54, 1.807) is 11.8 Å². The minimum Gasteiger partial charge on any atom is -0.481 e. The van der Waals surface area contributed by atoms with Crippen molar-refractivity contribution in [2.75, 3.05) is 13.1 Å². The number of nitrogens with zero attached hydrogens (tertiary/aromatic N) is 1. The highest BCUT2D eigenvalue weighted by atomic mass is 16.4. The third-order valence-corrected chi connectivity index (χ3v) is 2.76. The number of rotatable bonds is 9. The Kier molecular flexibility index (Phi) is 8.46. The largest absolute Gasteiger partial charge is 0.481 e. The van der Waals surface area contributed by atoms with Crippen LogP contribution < -0.4 is 0 Å². The van der Waals surface area contributed by atoms with Crippen LogP contribution in [-0.2, 0) is 9.59 Å². The molecule has 0 saturated carbocycles. The van der Waals surface area contributed by atoms with Crippen molar-refractivity contribution in [3.8, 4) is 0 Å². The minimum atomic E-state index is -0.838. The van der Waals surface area contributed by atoms with Gasteiger partial charge in [-0.15, -0.1) is 0 Å². The zero-order chi connectivity index (χ0) is 13.3. The first-order chi connectivity index (χ1) is 8.02. The normalized spacial score (nSPS) is 12.2. The average molecular weight is 243 g/mol. The highest BCUT2D eigenvalue weighted by Crippen LogP contribution is 2.07. The van der Waals surface area contributed by atoms with Crippen molar-refractivity contribution >= 4 is 11.9 Å². The molecular formula is C13H25NO3. The van der Waals surface area contributed by atoms with E-state index in [1.807, 2.05) is 6.92 Å². The second-order valence-corrected chi connectivity index (χ2v) is 4.54. The molecule has 1 amide bonds. The fourth-order valence-electron chi connectivity index (χ4n) is 1.65. The molecule has 0 aromatic carbocycles. The van der Waals surface area contributed by atoms with Crippen LogP contribution in [0.15, 0.2) is 0 Å². The molecule has 0 spiro atoms. The topological polar surface area (TPSA) is 57.6 Å². The Hall–Kier alpha value is -1.06. The summed E-state index contributed by atoms with van der Waals surface area (Å²) in [6.45, 7) is 6.73. The fraction of sp³-hybridized carbons (Fsp3) is 0.846. The molecule has 0 aromatic heterocycles. The highest BCUT2D eigenvalue weighted by molar-refractivity contribution is 5.77. The lowest BCUT2D eigenvalue weighted by molar-refractivity contribution is -0.143. The highest BCUT2D eigenvalue weighted by Gasteiger charge is 2.19. The molecule has 1 atom stereocenters. The summed E-state index contributed by atoms with van der Waals surface area (Å²) in [5, 5.41) is 8.88. The van der Waals surface area contributed by atoms with E-state index in [2.05, 4.69) is 6.92 Å². The number of hydrogen-bond donors (Lipinski definition) is 1. The molecule has 0 aliphatic carbocycles. The lowest BCUT2D eigenvalue weighted by Gasteiger charge is -2.24. The molecule has 0 aromatic rings. The number of unbranched alkanes of at least 4 members (excludes halogenated alkanes) is 2. The summed E-state index contributed by atoms with van der Waals surface area (Å²) in [7, 11) is 0. The molecule has 1 N–H and O–H groups in total. The van der Waals surface area contributed by atoms with Gasteiger partial charge < -0.3 is 10.0 Å². The molecule has 0 heterocycles. The van der Waals surface area contributed by atoms with Gasteiger partial charge in [-0.25, -0.2) is 0 Å². The van der Waals surface area contributed by atoms with Crippen molar-refractivity contribution in [3.05, 3.63) is 0 Å². The molecule has 100 valence electrons. The van der Waals surface area contributed by atoms with Gasteiger partial charge in [-0.2, -0.15) is 0 Å². The smallest absolute Gasteiger partial charge is 0.308 e. The van der Waals surface area contributed by atoms with Crippen molar-refractivity contribution in [2.24, 2.45) is 5.92 Å². The van der Waals surface area contributed by atoms with E-state index in [0.29, 0.717) is 19.5 Å². The molecule has 17 heavy (non-hydrogen) atoms. The van der Waals surface area contributed by atoms with E-state index < -0.39 is 11.9 Å². The van der Waals surface area contributed by atoms with Crippen LogP contribution in [-0.4, -0.2) is 35.0 Å². The predicted octanol–water partition coefficient (Wildman–Crippen LogP) is 2.53. The van der Waals surface area contributed by atoms with Gasteiger partial charge in [0.15, 0.2) is 0 Å². The Labute approximate surface area is 104 Å². The third kappa shape index (κ3) is 6.97. The van der Waals surface area contributed by atoms with Gasteiger partial charge >= 0.3 is 5.97 Å². The molecule has 0 radical (unpaired) electrons. The monoisotopic (exact) mass is 243 g/mol. The molecule has 0 fully saturated rings. The summed E-state index contributed by atoms with van der Waals surface area (Å²) in [6, 6.07) is 0. The second-order valence-electron chi connectivity index (χ2n) is 4.54. The summed E-state index contributed by atoms with van der Waals surface area (Å²) in [5.74, 6) is -1.25. The van der Waals surface area contributed by atoms with Gasteiger partial charge in [-0.3, -0.25) is 9.59 Å². The summed E-state index contributed by atoms with van der Waals surface area (Å²) in [5.41, 5.74) is 0. The van der Waals surface area contributed by atoms with Gasteiger partial charge in [-0.05, 0) is 12.8 Å². The van der Waals surface area contributed by atoms with Gasteiger partial charge in [0.05, 0.1) is 5.92 Å². The number of carboxylic acids is 1. The second kappa shape index (κ2) is 9.02. The SMILES string of the molecule is CCCCCN(CC(C)C(=O)O)C(=O)CCC. The first-order valence-electron chi connectivity index (χ1n) is 6.53. The van der Waals surface area contributed by atoms with Crippen LogP contribution >= 0.6 is 0 Å². The zero-order valence-corrected chi connectivity index (χ0v) is 11.2.